The molecule has 1 atom stereocenters. The minimum Gasteiger partial charge on any atom is -0.459 e. The van der Waals surface area contributed by atoms with Crippen molar-refractivity contribution in [2.45, 2.75) is 45.3 Å². The van der Waals surface area contributed by atoms with Crippen LogP contribution in [0.2, 0.25) is 0 Å². The zero-order valence-electron chi connectivity index (χ0n) is 9.43. The largest absolute Gasteiger partial charge is 0.552 e. The van der Waals surface area contributed by atoms with Gasteiger partial charge in [-0.3, -0.25) is 9.61 Å². The molecule has 0 aromatic carbocycles. The average Bonchev–Trinajstić information content (AvgIpc) is 2.47. The minimum atomic E-state index is -1.58. The van der Waals surface area contributed by atoms with Crippen LogP contribution < -0.4 is 0 Å². The second-order valence-corrected chi connectivity index (χ2v) is 4.78. The third-order valence-corrected chi connectivity index (χ3v) is 2.27. The minimum absolute atomic E-state index is 0.381. The summed E-state index contributed by atoms with van der Waals surface area (Å²) in [5, 5.41) is 18.1. The molecule has 0 aromatic heterocycles. The molecule has 1 aliphatic rings. The molecule has 15 heavy (non-hydrogen) atoms. The molecule has 0 amide bonds. The van der Waals surface area contributed by atoms with E-state index >= 15 is 0 Å². The highest BCUT2D eigenvalue weighted by Gasteiger charge is 2.39. The van der Waals surface area contributed by atoms with Crippen LogP contribution in [0.15, 0.2) is 0 Å². The number of hydrogen-bond donors (Lipinski definition) is 2. The molecular formula is C9H18BNO4. The molecule has 86 valence electrons. The summed E-state index contributed by atoms with van der Waals surface area (Å²) in [7, 11) is -1.58. The lowest BCUT2D eigenvalue weighted by molar-refractivity contribution is -0.159. The summed E-state index contributed by atoms with van der Waals surface area (Å²) >= 11 is 0. The summed E-state index contributed by atoms with van der Waals surface area (Å²) in [6.07, 6.45) is 1.40. The fourth-order valence-electron chi connectivity index (χ4n) is 1.69. The zero-order chi connectivity index (χ0) is 11.6. The van der Waals surface area contributed by atoms with E-state index in [1.165, 1.54) is 4.81 Å². The zero-order valence-corrected chi connectivity index (χ0v) is 9.43. The maximum atomic E-state index is 11.7. The van der Waals surface area contributed by atoms with Gasteiger partial charge in [0.1, 0.15) is 11.6 Å². The molecule has 0 bridgehead atoms. The van der Waals surface area contributed by atoms with Crippen LogP contribution in [0, 0.1) is 0 Å². The number of nitrogens with zero attached hydrogens (tertiary/aromatic N) is 1. The van der Waals surface area contributed by atoms with Gasteiger partial charge in [0.05, 0.1) is 0 Å². The third-order valence-electron chi connectivity index (χ3n) is 2.27. The molecule has 1 unspecified atom stereocenters. The van der Waals surface area contributed by atoms with Crippen molar-refractivity contribution >= 4 is 13.2 Å². The molecular weight excluding hydrogens is 197 g/mol. The van der Waals surface area contributed by atoms with Crippen molar-refractivity contribution in [1.82, 2.24) is 4.81 Å². The van der Waals surface area contributed by atoms with Gasteiger partial charge in [-0.2, -0.15) is 0 Å². The Hall–Kier alpha value is -0.585. The molecule has 6 heteroatoms. The van der Waals surface area contributed by atoms with Crippen molar-refractivity contribution in [2.24, 2.45) is 0 Å². The maximum absolute atomic E-state index is 11.7. The van der Waals surface area contributed by atoms with Gasteiger partial charge in [0.2, 0.25) is 0 Å². The van der Waals surface area contributed by atoms with Gasteiger partial charge in [-0.1, -0.05) is 0 Å². The van der Waals surface area contributed by atoms with Crippen molar-refractivity contribution in [3.05, 3.63) is 0 Å². The predicted molar refractivity (Wildman–Crippen MR) is 55.8 cm³/mol. The Labute approximate surface area is 90.2 Å². The Morgan fingerprint density at radius 1 is 1.47 bits per heavy atom. The summed E-state index contributed by atoms with van der Waals surface area (Å²) in [6.45, 7) is 5.89. The van der Waals surface area contributed by atoms with Gasteiger partial charge in [0.15, 0.2) is 0 Å². The van der Waals surface area contributed by atoms with E-state index in [9.17, 15) is 4.79 Å². The first-order chi connectivity index (χ1) is 6.81. The van der Waals surface area contributed by atoms with Gasteiger partial charge < -0.3 is 14.8 Å². The molecule has 1 heterocycles. The van der Waals surface area contributed by atoms with Crippen LogP contribution >= 0.6 is 0 Å². The second-order valence-electron chi connectivity index (χ2n) is 4.78. The van der Waals surface area contributed by atoms with E-state index < -0.39 is 18.9 Å². The quantitative estimate of drug-likeness (QED) is 0.491. The van der Waals surface area contributed by atoms with E-state index in [2.05, 4.69) is 0 Å². The number of carbonyl (C=O) groups excluding carboxylic acids is 1. The van der Waals surface area contributed by atoms with Crippen LogP contribution in [0.5, 0.6) is 0 Å². The molecule has 0 aromatic rings. The molecule has 1 aliphatic heterocycles. The smallest absolute Gasteiger partial charge is 0.459 e. The van der Waals surface area contributed by atoms with E-state index in [0.29, 0.717) is 13.0 Å². The maximum Gasteiger partial charge on any atom is 0.552 e. The van der Waals surface area contributed by atoms with Crippen molar-refractivity contribution in [1.29, 1.82) is 0 Å². The van der Waals surface area contributed by atoms with Gasteiger partial charge >= 0.3 is 13.2 Å². The lowest BCUT2D eigenvalue weighted by atomic mass is 10.0. The first-order valence-electron chi connectivity index (χ1n) is 5.16. The van der Waals surface area contributed by atoms with Crippen LogP contribution in [0.3, 0.4) is 0 Å². The van der Waals surface area contributed by atoms with Crippen LogP contribution in [0.1, 0.15) is 33.6 Å². The van der Waals surface area contributed by atoms with Gasteiger partial charge in [-0.05, 0) is 40.2 Å². The van der Waals surface area contributed by atoms with Crippen LogP contribution in [0.4, 0.5) is 0 Å². The topological polar surface area (TPSA) is 70.0 Å². The highest BCUT2D eigenvalue weighted by molar-refractivity contribution is 6.38. The van der Waals surface area contributed by atoms with Crippen molar-refractivity contribution in [2.75, 3.05) is 6.54 Å². The Bertz CT molecular complexity index is 239. The molecule has 1 fully saturated rings. The van der Waals surface area contributed by atoms with Crippen LogP contribution in [0.25, 0.3) is 0 Å². The second kappa shape index (κ2) is 4.51. The normalized spacial score (nSPS) is 22.9. The highest BCUT2D eigenvalue weighted by atomic mass is 16.6. The van der Waals surface area contributed by atoms with Gasteiger partial charge in [-0.15, -0.1) is 0 Å². The highest BCUT2D eigenvalue weighted by Crippen LogP contribution is 2.20. The van der Waals surface area contributed by atoms with Crippen molar-refractivity contribution in [3.63, 3.8) is 0 Å². The monoisotopic (exact) mass is 215 g/mol. The van der Waals surface area contributed by atoms with Crippen molar-refractivity contribution in [3.8, 4) is 0 Å². The van der Waals surface area contributed by atoms with Gasteiger partial charge in [-0.25, -0.2) is 0 Å². The standard InChI is InChI=1S/C9H18BNO4/c1-9(2,3)15-8(12)7-5-4-6-11(7)10(13)14/h7,13-14H,4-6H2,1-3H3. The lowest BCUT2D eigenvalue weighted by Gasteiger charge is -2.26. The third kappa shape index (κ3) is 3.48. The molecule has 0 spiro atoms. The van der Waals surface area contributed by atoms with Gasteiger partial charge in [0.25, 0.3) is 0 Å². The molecule has 5 nitrogen and oxygen atoms in total. The number of carbonyl (C=O) groups is 1. The number of hydrogen-bond acceptors (Lipinski definition) is 5. The Morgan fingerprint density at radius 3 is 2.53 bits per heavy atom. The van der Waals surface area contributed by atoms with E-state index in [0.717, 1.165) is 6.42 Å². The first kappa shape index (κ1) is 12.5. The molecule has 0 aliphatic carbocycles. The molecule has 0 radical (unpaired) electrons. The SMILES string of the molecule is CC(C)(C)OC(=O)C1CCCN1B(O)O. The average molecular weight is 215 g/mol. The summed E-state index contributed by atoms with van der Waals surface area (Å²) in [5.41, 5.74) is -0.536. The van der Waals surface area contributed by atoms with Gasteiger partial charge in [0, 0.05) is 0 Å². The summed E-state index contributed by atoms with van der Waals surface area (Å²) in [5.74, 6) is -0.381. The Balaban J connectivity index is 2.59. The van der Waals surface area contributed by atoms with E-state index in [4.69, 9.17) is 14.8 Å². The molecule has 0 saturated carbocycles. The predicted octanol–water partition coefficient (Wildman–Crippen LogP) is -0.238. The molecule has 1 rings (SSSR count). The number of ether oxygens (including phenoxy) is 1. The van der Waals surface area contributed by atoms with Crippen molar-refractivity contribution < 1.29 is 19.6 Å². The molecule has 2 N–H and O–H groups in total. The fourth-order valence-corrected chi connectivity index (χ4v) is 1.69. The first-order valence-corrected chi connectivity index (χ1v) is 5.16. The van der Waals surface area contributed by atoms with E-state index in [1.54, 1.807) is 20.8 Å². The van der Waals surface area contributed by atoms with Crippen LogP contribution in [-0.2, 0) is 9.53 Å². The van der Waals surface area contributed by atoms with E-state index in [-0.39, 0.29) is 5.97 Å². The lowest BCUT2D eigenvalue weighted by Crippen LogP contribution is -2.48. The number of esters is 1. The molecule has 1 saturated heterocycles. The Kier molecular flexibility index (Phi) is 3.75. The van der Waals surface area contributed by atoms with E-state index in [1.807, 2.05) is 0 Å². The summed E-state index contributed by atoms with van der Waals surface area (Å²) < 4.78 is 5.20. The van der Waals surface area contributed by atoms with Crippen LogP contribution in [-0.4, -0.2) is 46.3 Å². The summed E-state index contributed by atoms with van der Waals surface area (Å²) in [4.78, 5) is 13.0. The number of rotatable bonds is 2. The summed E-state index contributed by atoms with van der Waals surface area (Å²) in [6, 6.07) is -0.524. The Morgan fingerprint density at radius 2 is 2.07 bits per heavy atom. The fraction of sp³-hybridized carbons (Fsp3) is 0.889.